The Morgan fingerprint density at radius 3 is 3.09 bits per heavy atom. The number of rotatable bonds is 3. The van der Waals surface area contributed by atoms with E-state index in [2.05, 4.69) is 16.9 Å². The summed E-state index contributed by atoms with van der Waals surface area (Å²) in [6.07, 6.45) is 4.86. The van der Waals surface area contributed by atoms with Crippen molar-refractivity contribution in [2.75, 3.05) is 13.2 Å². The Bertz CT molecular complexity index is 672. The summed E-state index contributed by atoms with van der Waals surface area (Å²) >= 11 is 0. The van der Waals surface area contributed by atoms with Gasteiger partial charge in [-0.3, -0.25) is 4.79 Å². The van der Waals surface area contributed by atoms with E-state index in [0.717, 1.165) is 29.8 Å². The van der Waals surface area contributed by atoms with Crippen LogP contribution >= 0.6 is 0 Å². The number of fused-ring (bicyclic) bond motifs is 1. The van der Waals surface area contributed by atoms with Gasteiger partial charge in [0, 0.05) is 18.3 Å². The topological polar surface area (TPSA) is 55.3 Å². The van der Waals surface area contributed by atoms with Crippen molar-refractivity contribution in [1.82, 2.24) is 14.9 Å². The number of amides is 1. The summed E-state index contributed by atoms with van der Waals surface area (Å²) < 4.78 is 5.72. The summed E-state index contributed by atoms with van der Waals surface area (Å²) in [5.41, 5.74) is 2.45. The molecule has 0 aliphatic carbocycles. The largest absolute Gasteiger partial charge is 0.491 e. The lowest BCUT2D eigenvalue weighted by Crippen LogP contribution is -2.33. The van der Waals surface area contributed by atoms with Crippen LogP contribution in [0.5, 0.6) is 5.75 Å². The molecule has 0 saturated heterocycles. The van der Waals surface area contributed by atoms with E-state index < -0.39 is 0 Å². The molecule has 0 unspecified atom stereocenters. The number of hydrogen-bond donors (Lipinski definition) is 0. The fraction of sp³-hybridized carbons (Fsp3) is 0.353. The van der Waals surface area contributed by atoms with E-state index in [1.54, 1.807) is 6.20 Å². The molecule has 0 N–H and O–H groups in total. The highest BCUT2D eigenvalue weighted by Gasteiger charge is 2.23. The van der Waals surface area contributed by atoms with Gasteiger partial charge >= 0.3 is 0 Å². The Kier molecular flexibility index (Phi) is 4.32. The zero-order valence-electron chi connectivity index (χ0n) is 12.7. The fourth-order valence-corrected chi connectivity index (χ4v) is 2.64. The van der Waals surface area contributed by atoms with Crippen LogP contribution in [0.15, 0.2) is 36.8 Å². The van der Waals surface area contributed by atoms with Crippen molar-refractivity contribution in [1.29, 1.82) is 0 Å². The minimum atomic E-state index is -0.0237. The molecule has 2 aromatic rings. The molecule has 22 heavy (non-hydrogen) atoms. The number of benzene rings is 1. The molecular formula is C17H19N3O2. The molecular weight excluding hydrogens is 278 g/mol. The van der Waals surface area contributed by atoms with Crippen LogP contribution in [0.4, 0.5) is 0 Å². The van der Waals surface area contributed by atoms with Crippen LogP contribution in [-0.4, -0.2) is 33.9 Å². The van der Waals surface area contributed by atoms with E-state index in [0.29, 0.717) is 25.3 Å². The van der Waals surface area contributed by atoms with Crippen LogP contribution in [-0.2, 0) is 13.0 Å². The van der Waals surface area contributed by atoms with Gasteiger partial charge in [-0.15, -0.1) is 0 Å². The molecule has 2 heterocycles. The number of carbonyl (C=O) groups is 1. The number of aromatic nitrogens is 2. The van der Waals surface area contributed by atoms with Crippen molar-refractivity contribution in [3.8, 4) is 5.75 Å². The number of carbonyl (C=O) groups excluding carboxylic acids is 1. The first kappa shape index (κ1) is 14.5. The lowest BCUT2D eigenvalue weighted by Gasteiger charge is -2.20. The van der Waals surface area contributed by atoms with Gasteiger partial charge < -0.3 is 9.64 Å². The molecule has 0 radical (unpaired) electrons. The summed E-state index contributed by atoms with van der Waals surface area (Å²) in [5.74, 6) is 0.834. The Morgan fingerprint density at radius 1 is 1.36 bits per heavy atom. The minimum absolute atomic E-state index is 0.0237. The quantitative estimate of drug-likeness (QED) is 0.873. The van der Waals surface area contributed by atoms with E-state index >= 15 is 0 Å². The highest BCUT2D eigenvalue weighted by Crippen LogP contribution is 2.23. The number of nitrogens with zero attached hydrogens (tertiary/aromatic N) is 3. The Morgan fingerprint density at radius 2 is 2.23 bits per heavy atom. The van der Waals surface area contributed by atoms with E-state index in [1.165, 1.54) is 6.33 Å². The molecule has 1 amide bonds. The first-order valence-electron chi connectivity index (χ1n) is 7.58. The predicted molar refractivity (Wildman–Crippen MR) is 82.7 cm³/mol. The summed E-state index contributed by atoms with van der Waals surface area (Å²) in [5, 5.41) is 0. The third kappa shape index (κ3) is 2.93. The standard InChI is InChI=1S/C17H19N3O2/c1-2-5-15-14(10-18-12-19-15)17(21)20-8-9-22-16-7-4-3-6-13(16)11-20/h3-4,6-7,10,12H,2,5,8-9,11H2,1H3. The molecule has 114 valence electrons. The lowest BCUT2D eigenvalue weighted by atomic mass is 10.1. The number of aryl methyl sites for hydroxylation is 1. The summed E-state index contributed by atoms with van der Waals surface area (Å²) in [4.78, 5) is 22.9. The molecule has 5 heteroatoms. The Hall–Kier alpha value is -2.43. The Labute approximate surface area is 130 Å². The maximum Gasteiger partial charge on any atom is 0.257 e. The molecule has 1 aliphatic rings. The maximum absolute atomic E-state index is 12.8. The van der Waals surface area contributed by atoms with Crippen molar-refractivity contribution in [2.24, 2.45) is 0 Å². The van der Waals surface area contributed by atoms with Gasteiger partial charge in [0.05, 0.1) is 17.8 Å². The highest BCUT2D eigenvalue weighted by atomic mass is 16.5. The first-order valence-corrected chi connectivity index (χ1v) is 7.58. The molecule has 5 nitrogen and oxygen atoms in total. The van der Waals surface area contributed by atoms with Crippen molar-refractivity contribution in [3.63, 3.8) is 0 Å². The minimum Gasteiger partial charge on any atom is -0.491 e. The zero-order valence-corrected chi connectivity index (χ0v) is 12.7. The van der Waals surface area contributed by atoms with Gasteiger partial charge in [0.2, 0.25) is 0 Å². The van der Waals surface area contributed by atoms with Gasteiger partial charge in [0.15, 0.2) is 0 Å². The Balaban J connectivity index is 1.87. The summed E-state index contributed by atoms with van der Waals surface area (Å²) in [7, 11) is 0. The number of para-hydroxylation sites is 1. The third-order valence-electron chi connectivity index (χ3n) is 3.75. The molecule has 3 rings (SSSR count). The van der Waals surface area contributed by atoms with E-state index in [-0.39, 0.29) is 5.91 Å². The monoisotopic (exact) mass is 297 g/mol. The molecule has 0 bridgehead atoms. The van der Waals surface area contributed by atoms with Gasteiger partial charge in [-0.25, -0.2) is 9.97 Å². The van der Waals surface area contributed by atoms with Crippen molar-refractivity contribution in [2.45, 2.75) is 26.3 Å². The fourth-order valence-electron chi connectivity index (χ4n) is 2.64. The van der Waals surface area contributed by atoms with Gasteiger partial charge in [0.1, 0.15) is 18.7 Å². The maximum atomic E-state index is 12.8. The van der Waals surface area contributed by atoms with Crippen LogP contribution in [0.2, 0.25) is 0 Å². The van der Waals surface area contributed by atoms with Crippen molar-refractivity contribution in [3.05, 3.63) is 53.6 Å². The van der Waals surface area contributed by atoms with Gasteiger partial charge in [-0.05, 0) is 12.5 Å². The van der Waals surface area contributed by atoms with Crippen LogP contribution in [0.25, 0.3) is 0 Å². The smallest absolute Gasteiger partial charge is 0.257 e. The average molecular weight is 297 g/mol. The van der Waals surface area contributed by atoms with Crippen LogP contribution < -0.4 is 4.74 Å². The molecule has 1 aliphatic heterocycles. The van der Waals surface area contributed by atoms with Gasteiger partial charge in [0.25, 0.3) is 5.91 Å². The van der Waals surface area contributed by atoms with E-state index in [4.69, 9.17) is 4.74 Å². The second kappa shape index (κ2) is 6.56. The van der Waals surface area contributed by atoms with E-state index in [1.807, 2.05) is 29.2 Å². The van der Waals surface area contributed by atoms with Gasteiger partial charge in [-0.2, -0.15) is 0 Å². The van der Waals surface area contributed by atoms with E-state index in [9.17, 15) is 4.79 Å². The molecule has 1 aromatic heterocycles. The summed E-state index contributed by atoms with van der Waals surface area (Å²) in [6.45, 7) is 3.69. The van der Waals surface area contributed by atoms with Crippen LogP contribution in [0, 0.1) is 0 Å². The lowest BCUT2D eigenvalue weighted by molar-refractivity contribution is 0.0731. The van der Waals surface area contributed by atoms with Crippen LogP contribution in [0.3, 0.4) is 0 Å². The number of ether oxygens (including phenoxy) is 1. The SMILES string of the molecule is CCCc1ncncc1C(=O)N1CCOc2ccccc2C1. The highest BCUT2D eigenvalue weighted by molar-refractivity contribution is 5.95. The zero-order chi connectivity index (χ0) is 15.4. The van der Waals surface area contributed by atoms with Gasteiger partial charge in [-0.1, -0.05) is 31.5 Å². The first-order chi connectivity index (χ1) is 10.8. The normalized spacial score (nSPS) is 14.0. The molecule has 1 aromatic carbocycles. The molecule has 0 spiro atoms. The van der Waals surface area contributed by atoms with Crippen LogP contribution in [0.1, 0.15) is 35.0 Å². The molecule has 0 atom stereocenters. The predicted octanol–water partition coefficient (Wildman–Crippen LogP) is 2.46. The van der Waals surface area contributed by atoms with Crippen molar-refractivity contribution < 1.29 is 9.53 Å². The average Bonchev–Trinajstić information content (AvgIpc) is 2.77. The molecule has 0 fully saturated rings. The second-order valence-electron chi connectivity index (χ2n) is 5.32. The third-order valence-corrected chi connectivity index (χ3v) is 3.75. The number of hydrogen-bond acceptors (Lipinski definition) is 4. The second-order valence-corrected chi connectivity index (χ2v) is 5.32. The van der Waals surface area contributed by atoms with Crippen molar-refractivity contribution >= 4 is 5.91 Å². The summed E-state index contributed by atoms with van der Waals surface area (Å²) in [6, 6.07) is 7.85. The molecule has 0 saturated carbocycles.